The van der Waals surface area contributed by atoms with Gasteiger partial charge in [-0.2, -0.15) is 0 Å². The van der Waals surface area contributed by atoms with Crippen molar-refractivity contribution >= 4 is 28.9 Å². The molecule has 0 heterocycles. The highest BCUT2D eigenvalue weighted by molar-refractivity contribution is 5.97. The number of esters is 1. The van der Waals surface area contributed by atoms with Gasteiger partial charge in [-0.05, 0) is 31.2 Å². The zero-order valence-corrected chi connectivity index (χ0v) is 16.3. The van der Waals surface area contributed by atoms with Crippen LogP contribution in [-0.2, 0) is 14.3 Å². The first-order valence-electron chi connectivity index (χ1n) is 9.01. The standard InChI is InChI=1S/C20H23N3O6/c1-3-22(16-7-5-4-6-8-16)19(24)14-29-20(25)15-9-10-17(21-11-12-28-2)18(13-15)23(26)27/h4-10,13,21H,3,11-12,14H2,1-2H3. The largest absolute Gasteiger partial charge is 0.452 e. The number of hydrogen-bond donors (Lipinski definition) is 1. The van der Waals surface area contributed by atoms with Crippen LogP contribution in [0, 0.1) is 10.1 Å². The number of hydrogen-bond acceptors (Lipinski definition) is 7. The second-order valence-corrected chi connectivity index (χ2v) is 5.96. The number of amides is 1. The number of methoxy groups -OCH3 is 1. The number of carbonyl (C=O) groups is 2. The van der Waals surface area contributed by atoms with Crippen LogP contribution in [-0.4, -0.2) is 50.2 Å². The summed E-state index contributed by atoms with van der Waals surface area (Å²) < 4.78 is 9.97. The Hall–Kier alpha value is -3.46. The summed E-state index contributed by atoms with van der Waals surface area (Å²) in [6.07, 6.45) is 0. The summed E-state index contributed by atoms with van der Waals surface area (Å²) in [5, 5.41) is 14.2. The van der Waals surface area contributed by atoms with Crippen molar-refractivity contribution in [2.24, 2.45) is 0 Å². The number of nitrogens with one attached hydrogen (secondary N) is 1. The first kappa shape index (κ1) is 21.8. The molecule has 0 aromatic heterocycles. The second kappa shape index (κ2) is 10.8. The van der Waals surface area contributed by atoms with Gasteiger partial charge >= 0.3 is 5.97 Å². The van der Waals surface area contributed by atoms with Gasteiger partial charge in [-0.25, -0.2) is 4.79 Å². The monoisotopic (exact) mass is 401 g/mol. The number of benzene rings is 2. The van der Waals surface area contributed by atoms with Crippen molar-refractivity contribution in [1.29, 1.82) is 0 Å². The van der Waals surface area contributed by atoms with E-state index in [2.05, 4.69) is 5.32 Å². The molecule has 2 aromatic rings. The molecule has 0 atom stereocenters. The Morgan fingerprint density at radius 2 is 1.90 bits per heavy atom. The molecule has 9 nitrogen and oxygen atoms in total. The van der Waals surface area contributed by atoms with E-state index in [9.17, 15) is 19.7 Å². The van der Waals surface area contributed by atoms with E-state index in [1.807, 2.05) is 13.0 Å². The lowest BCUT2D eigenvalue weighted by atomic mass is 10.1. The van der Waals surface area contributed by atoms with Crippen molar-refractivity contribution in [3.05, 3.63) is 64.2 Å². The van der Waals surface area contributed by atoms with Crippen LogP contribution in [0.2, 0.25) is 0 Å². The fourth-order valence-corrected chi connectivity index (χ4v) is 2.65. The Morgan fingerprint density at radius 3 is 2.52 bits per heavy atom. The maximum Gasteiger partial charge on any atom is 0.338 e. The fraction of sp³-hybridized carbons (Fsp3) is 0.300. The maximum atomic E-state index is 12.4. The van der Waals surface area contributed by atoms with Gasteiger partial charge in [-0.3, -0.25) is 14.9 Å². The molecule has 0 unspecified atom stereocenters. The number of likely N-dealkylation sites (N-methyl/N-ethyl adjacent to an activating group) is 1. The van der Waals surface area contributed by atoms with Gasteiger partial charge in [0, 0.05) is 32.0 Å². The van der Waals surface area contributed by atoms with Crippen LogP contribution >= 0.6 is 0 Å². The summed E-state index contributed by atoms with van der Waals surface area (Å²) in [6, 6.07) is 13.0. The molecule has 0 spiro atoms. The molecule has 2 rings (SSSR count). The van der Waals surface area contributed by atoms with Crippen LogP contribution in [0.4, 0.5) is 17.1 Å². The topological polar surface area (TPSA) is 111 Å². The highest BCUT2D eigenvalue weighted by atomic mass is 16.6. The molecule has 0 aliphatic carbocycles. The number of nitrogens with zero attached hydrogens (tertiary/aromatic N) is 2. The van der Waals surface area contributed by atoms with Crippen LogP contribution in [0.1, 0.15) is 17.3 Å². The molecular weight excluding hydrogens is 378 g/mol. The van der Waals surface area contributed by atoms with Gasteiger partial charge in [0.2, 0.25) is 0 Å². The van der Waals surface area contributed by atoms with E-state index in [1.54, 1.807) is 24.3 Å². The van der Waals surface area contributed by atoms with Crippen LogP contribution in [0.25, 0.3) is 0 Å². The SMILES string of the molecule is CCN(C(=O)COC(=O)c1ccc(NCCOC)c([N+](=O)[O-])c1)c1ccccc1. The second-order valence-electron chi connectivity index (χ2n) is 5.96. The number of para-hydroxylation sites is 1. The van der Waals surface area contributed by atoms with E-state index >= 15 is 0 Å². The zero-order valence-electron chi connectivity index (χ0n) is 16.3. The molecule has 0 bridgehead atoms. The minimum Gasteiger partial charge on any atom is -0.452 e. The van der Waals surface area contributed by atoms with Gasteiger partial charge in [-0.15, -0.1) is 0 Å². The number of nitro groups is 1. The van der Waals surface area contributed by atoms with Crippen molar-refractivity contribution in [2.75, 3.05) is 43.6 Å². The number of carbonyl (C=O) groups excluding carboxylic acids is 2. The van der Waals surface area contributed by atoms with E-state index in [0.29, 0.717) is 25.4 Å². The summed E-state index contributed by atoms with van der Waals surface area (Å²) >= 11 is 0. The summed E-state index contributed by atoms with van der Waals surface area (Å²) in [7, 11) is 1.52. The quantitative estimate of drug-likeness (QED) is 0.282. The highest BCUT2D eigenvalue weighted by Gasteiger charge is 2.20. The Morgan fingerprint density at radius 1 is 1.17 bits per heavy atom. The molecule has 0 saturated carbocycles. The van der Waals surface area contributed by atoms with Gasteiger partial charge in [0.15, 0.2) is 6.61 Å². The zero-order chi connectivity index (χ0) is 21.2. The minimum atomic E-state index is -0.811. The molecule has 0 fully saturated rings. The van der Waals surface area contributed by atoms with Crippen molar-refractivity contribution < 1.29 is 24.0 Å². The van der Waals surface area contributed by atoms with Gasteiger partial charge in [-0.1, -0.05) is 18.2 Å². The van der Waals surface area contributed by atoms with Crippen LogP contribution in [0.5, 0.6) is 0 Å². The lowest BCUT2D eigenvalue weighted by molar-refractivity contribution is -0.384. The molecule has 2 aromatic carbocycles. The maximum absolute atomic E-state index is 12.4. The number of rotatable bonds is 10. The average Bonchev–Trinajstić information content (AvgIpc) is 2.73. The van der Waals surface area contributed by atoms with E-state index in [1.165, 1.54) is 24.1 Å². The van der Waals surface area contributed by atoms with E-state index < -0.39 is 17.5 Å². The summed E-state index contributed by atoms with van der Waals surface area (Å²) in [6.45, 7) is 2.50. The Bertz CT molecular complexity index is 857. The van der Waals surface area contributed by atoms with Gasteiger partial charge < -0.3 is 19.7 Å². The van der Waals surface area contributed by atoms with Crippen molar-refractivity contribution in [1.82, 2.24) is 0 Å². The summed E-state index contributed by atoms with van der Waals surface area (Å²) in [5.74, 6) is -1.20. The third kappa shape index (κ3) is 6.01. The first-order chi connectivity index (χ1) is 14.0. The predicted molar refractivity (Wildman–Crippen MR) is 108 cm³/mol. The Balaban J connectivity index is 2.05. The average molecular weight is 401 g/mol. The van der Waals surface area contributed by atoms with Crippen molar-refractivity contribution in [3.63, 3.8) is 0 Å². The smallest absolute Gasteiger partial charge is 0.338 e. The Kier molecular flexibility index (Phi) is 8.11. The molecule has 0 aliphatic heterocycles. The van der Waals surface area contributed by atoms with Crippen LogP contribution < -0.4 is 10.2 Å². The van der Waals surface area contributed by atoms with E-state index in [0.717, 1.165) is 6.07 Å². The number of anilines is 2. The van der Waals surface area contributed by atoms with Crippen LogP contribution in [0.15, 0.2) is 48.5 Å². The normalized spacial score (nSPS) is 10.3. The van der Waals surface area contributed by atoms with Crippen LogP contribution in [0.3, 0.4) is 0 Å². The third-order valence-electron chi connectivity index (χ3n) is 4.06. The molecule has 0 aliphatic rings. The Labute approximate surface area is 168 Å². The van der Waals surface area contributed by atoms with Crippen molar-refractivity contribution in [2.45, 2.75) is 6.92 Å². The molecule has 29 heavy (non-hydrogen) atoms. The molecule has 0 radical (unpaired) electrons. The van der Waals surface area contributed by atoms with E-state index in [-0.39, 0.29) is 22.8 Å². The molecular formula is C20H23N3O6. The highest BCUT2D eigenvalue weighted by Crippen LogP contribution is 2.26. The van der Waals surface area contributed by atoms with Gasteiger partial charge in [0.05, 0.1) is 17.1 Å². The van der Waals surface area contributed by atoms with Gasteiger partial charge in [0.25, 0.3) is 11.6 Å². The molecule has 1 N–H and O–H groups in total. The first-order valence-corrected chi connectivity index (χ1v) is 9.01. The van der Waals surface area contributed by atoms with Crippen molar-refractivity contribution in [3.8, 4) is 0 Å². The summed E-state index contributed by atoms with van der Waals surface area (Å²) in [5.41, 5.74) is 0.685. The van der Waals surface area contributed by atoms with E-state index in [4.69, 9.17) is 9.47 Å². The minimum absolute atomic E-state index is 0.00967. The molecule has 154 valence electrons. The summed E-state index contributed by atoms with van der Waals surface area (Å²) in [4.78, 5) is 36.9. The third-order valence-corrected chi connectivity index (χ3v) is 4.06. The number of ether oxygens (including phenoxy) is 2. The molecule has 9 heteroatoms. The predicted octanol–water partition coefficient (Wildman–Crippen LogP) is 2.86. The molecule has 1 amide bonds. The number of nitro benzene ring substituents is 1. The lowest BCUT2D eigenvalue weighted by Crippen LogP contribution is -2.34. The molecule has 0 saturated heterocycles. The van der Waals surface area contributed by atoms with Gasteiger partial charge in [0.1, 0.15) is 5.69 Å². The lowest BCUT2D eigenvalue weighted by Gasteiger charge is -2.20. The fourth-order valence-electron chi connectivity index (χ4n) is 2.65.